The van der Waals surface area contributed by atoms with Gasteiger partial charge in [0.15, 0.2) is 0 Å². The van der Waals surface area contributed by atoms with Gasteiger partial charge in [-0.1, -0.05) is 78.9 Å². The first kappa shape index (κ1) is 16.6. The van der Waals surface area contributed by atoms with E-state index in [-0.39, 0.29) is 6.04 Å². The number of benzene rings is 3. The van der Waals surface area contributed by atoms with Crippen LogP contribution >= 0.6 is 0 Å². The molecule has 0 spiro atoms. The van der Waals surface area contributed by atoms with E-state index in [0.717, 1.165) is 22.6 Å². The van der Waals surface area contributed by atoms with Gasteiger partial charge in [0.05, 0.1) is 6.54 Å². The number of hydrogen-bond acceptors (Lipinski definition) is 3. The first-order valence-electron chi connectivity index (χ1n) is 8.90. The van der Waals surface area contributed by atoms with Gasteiger partial charge in [0.2, 0.25) is 0 Å². The summed E-state index contributed by atoms with van der Waals surface area (Å²) >= 11 is 0. The number of hydrogen-bond donors (Lipinski definition) is 1. The number of anilines is 1. The molecule has 3 aromatic rings. The summed E-state index contributed by atoms with van der Waals surface area (Å²) in [6.45, 7) is 2.49. The number of para-hydroxylation sites is 1. The fraction of sp³-hybridized carbons (Fsp3) is 0.174. The van der Waals surface area contributed by atoms with Crippen LogP contribution in [0.3, 0.4) is 0 Å². The highest BCUT2D eigenvalue weighted by Crippen LogP contribution is 2.33. The lowest BCUT2D eigenvalue weighted by molar-refractivity contribution is 0.0351. The minimum atomic E-state index is -1.04. The molecule has 3 aromatic carbocycles. The van der Waals surface area contributed by atoms with Gasteiger partial charge in [-0.25, -0.2) is 0 Å². The highest BCUT2D eigenvalue weighted by atomic mass is 16.3. The first-order valence-corrected chi connectivity index (χ1v) is 8.90. The van der Waals surface area contributed by atoms with Gasteiger partial charge in [-0.15, -0.1) is 0 Å². The molecule has 1 N–H and O–H groups in total. The molecule has 1 aliphatic heterocycles. The summed E-state index contributed by atoms with van der Waals surface area (Å²) in [5, 5.41) is 11.3. The van der Waals surface area contributed by atoms with Crippen LogP contribution in [0.5, 0.6) is 0 Å². The minimum Gasteiger partial charge on any atom is -0.383 e. The van der Waals surface area contributed by atoms with E-state index in [0.29, 0.717) is 6.54 Å². The fourth-order valence-electron chi connectivity index (χ4n) is 3.44. The van der Waals surface area contributed by atoms with E-state index >= 15 is 0 Å². The molecule has 0 saturated heterocycles. The summed E-state index contributed by atoms with van der Waals surface area (Å²) in [6.07, 6.45) is 0. The highest BCUT2D eigenvalue weighted by Gasteiger charge is 2.40. The van der Waals surface area contributed by atoms with Gasteiger partial charge in [0.1, 0.15) is 17.5 Å². The van der Waals surface area contributed by atoms with Crippen molar-refractivity contribution >= 4 is 11.5 Å². The molecule has 1 heterocycles. The van der Waals surface area contributed by atoms with Crippen molar-refractivity contribution in [2.24, 2.45) is 4.99 Å². The predicted octanol–water partition coefficient (Wildman–Crippen LogP) is 4.23. The van der Waals surface area contributed by atoms with Gasteiger partial charge < -0.3 is 10.0 Å². The molecule has 0 radical (unpaired) electrons. The Hall–Kier alpha value is -2.91. The molecule has 130 valence electrons. The Morgan fingerprint density at radius 3 is 2.00 bits per heavy atom. The standard InChI is InChI=1S/C23H22N2O/c1-23(26,19-13-7-3-8-14-19)21-17-25(20-15-9-4-10-16-20)22(24-21)18-11-5-2-6-12-18/h2-16,21,26H,17H2,1H3/t21-,23-/m0/s1. The van der Waals surface area contributed by atoms with E-state index in [1.165, 1.54) is 0 Å². The van der Waals surface area contributed by atoms with E-state index in [1.54, 1.807) is 0 Å². The van der Waals surface area contributed by atoms with E-state index in [4.69, 9.17) is 4.99 Å². The van der Waals surface area contributed by atoms with Gasteiger partial charge in [0, 0.05) is 11.3 Å². The summed E-state index contributed by atoms with van der Waals surface area (Å²) in [5.41, 5.74) is 1.99. The van der Waals surface area contributed by atoms with Crippen LogP contribution in [0.4, 0.5) is 5.69 Å². The summed E-state index contributed by atoms with van der Waals surface area (Å²) in [5.74, 6) is 0.901. The monoisotopic (exact) mass is 342 g/mol. The van der Waals surface area contributed by atoms with Crippen LogP contribution in [0.25, 0.3) is 0 Å². The third-order valence-electron chi connectivity index (χ3n) is 5.00. The van der Waals surface area contributed by atoms with Crippen molar-refractivity contribution in [3.05, 3.63) is 102 Å². The van der Waals surface area contributed by atoms with Crippen LogP contribution in [0.1, 0.15) is 18.1 Å². The molecule has 3 heteroatoms. The number of aliphatic hydroxyl groups is 1. The number of nitrogens with zero attached hydrogens (tertiary/aromatic N) is 2. The molecule has 0 unspecified atom stereocenters. The maximum atomic E-state index is 11.3. The van der Waals surface area contributed by atoms with Gasteiger partial charge in [0.25, 0.3) is 0 Å². The normalized spacial score (nSPS) is 19.1. The van der Waals surface area contributed by atoms with Gasteiger partial charge in [-0.3, -0.25) is 4.99 Å². The highest BCUT2D eigenvalue weighted by molar-refractivity contribution is 6.11. The smallest absolute Gasteiger partial charge is 0.135 e. The molecule has 0 aromatic heterocycles. The van der Waals surface area contributed by atoms with Gasteiger partial charge >= 0.3 is 0 Å². The van der Waals surface area contributed by atoms with Crippen molar-refractivity contribution in [2.75, 3.05) is 11.4 Å². The molecule has 4 rings (SSSR count). The van der Waals surface area contributed by atoms with Crippen LogP contribution in [0, 0.1) is 0 Å². The molecule has 0 aliphatic carbocycles. The lowest BCUT2D eigenvalue weighted by atomic mass is 9.88. The SMILES string of the molecule is C[C@](O)(c1ccccc1)[C@@H]1CN(c2ccccc2)C(c2ccccc2)=N1. The summed E-state index contributed by atoms with van der Waals surface area (Å²) in [4.78, 5) is 7.15. The van der Waals surface area contributed by atoms with Crippen molar-refractivity contribution < 1.29 is 5.11 Å². The van der Waals surface area contributed by atoms with Crippen molar-refractivity contribution in [3.63, 3.8) is 0 Å². The molecular weight excluding hydrogens is 320 g/mol. The van der Waals surface area contributed by atoms with Crippen LogP contribution in [-0.2, 0) is 5.60 Å². The average molecular weight is 342 g/mol. The maximum absolute atomic E-state index is 11.3. The first-order chi connectivity index (χ1) is 12.7. The Labute approximate surface area is 154 Å². The Morgan fingerprint density at radius 2 is 1.38 bits per heavy atom. The molecule has 1 aliphatic rings. The van der Waals surface area contributed by atoms with E-state index in [9.17, 15) is 5.11 Å². The topological polar surface area (TPSA) is 35.8 Å². The number of aliphatic imine (C=N–C) groups is 1. The second-order valence-corrected chi connectivity index (χ2v) is 6.79. The number of rotatable bonds is 4. The third kappa shape index (κ3) is 3.02. The fourth-order valence-corrected chi connectivity index (χ4v) is 3.44. The van der Waals surface area contributed by atoms with Gasteiger partial charge in [-0.05, 0) is 24.6 Å². The van der Waals surface area contributed by atoms with Crippen molar-refractivity contribution in [1.29, 1.82) is 0 Å². The molecule has 0 bridgehead atoms. The zero-order valence-corrected chi connectivity index (χ0v) is 14.8. The summed E-state index contributed by atoms with van der Waals surface area (Å²) in [6, 6.07) is 29.9. The van der Waals surface area contributed by atoms with Crippen molar-refractivity contribution in [1.82, 2.24) is 0 Å². The second-order valence-electron chi connectivity index (χ2n) is 6.79. The molecule has 0 amide bonds. The van der Waals surface area contributed by atoms with Crippen molar-refractivity contribution in [2.45, 2.75) is 18.6 Å². The lowest BCUT2D eigenvalue weighted by Crippen LogP contribution is -2.39. The maximum Gasteiger partial charge on any atom is 0.135 e. The zero-order valence-electron chi connectivity index (χ0n) is 14.8. The minimum absolute atomic E-state index is 0.250. The van der Waals surface area contributed by atoms with Crippen LogP contribution in [0.2, 0.25) is 0 Å². The lowest BCUT2D eigenvalue weighted by Gasteiger charge is -2.29. The Bertz CT molecular complexity index is 889. The third-order valence-corrected chi connectivity index (χ3v) is 5.00. The zero-order chi connectivity index (χ0) is 18.0. The Kier molecular flexibility index (Phi) is 4.31. The second kappa shape index (κ2) is 6.77. The summed E-state index contributed by atoms with van der Waals surface area (Å²) in [7, 11) is 0. The van der Waals surface area contributed by atoms with Crippen LogP contribution < -0.4 is 4.90 Å². The quantitative estimate of drug-likeness (QED) is 0.770. The average Bonchev–Trinajstić information content (AvgIpc) is 3.16. The summed E-state index contributed by atoms with van der Waals surface area (Å²) < 4.78 is 0. The van der Waals surface area contributed by atoms with E-state index in [2.05, 4.69) is 29.2 Å². The van der Waals surface area contributed by atoms with E-state index < -0.39 is 5.60 Å². The van der Waals surface area contributed by atoms with Crippen molar-refractivity contribution in [3.8, 4) is 0 Å². The number of amidine groups is 1. The molecular formula is C23H22N2O. The molecule has 26 heavy (non-hydrogen) atoms. The largest absolute Gasteiger partial charge is 0.383 e. The van der Waals surface area contributed by atoms with E-state index in [1.807, 2.05) is 73.7 Å². The molecule has 0 fully saturated rings. The molecule has 0 saturated carbocycles. The molecule has 2 atom stereocenters. The van der Waals surface area contributed by atoms with Gasteiger partial charge in [-0.2, -0.15) is 0 Å². The Balaban J connectivity index is 1.75. The molecule has 3 nitrogen and oxygen atoms in total. The van der Waals surface area contributed by atoms with Crippen LogP contribution in [-0.4, -0.2) is 23.5 Å². The Morgan fingerprint density at radius 1 is 0.846 bits per heavy atom. The van der Waals surface area contributed by atoms with Crippen LogP contribution in [0.15, 0.2) is 96.0 Å². The predicted molar refractivity (Wildman–Crippen MR) is 107 cm³/mol.